The van der Waals surface area contributed by atoms with Crippen LogP contribution in [0.1, 0.15) is 22.8 Å². The van der Waals surface area contributed by atoms with Crippen molar-refractivity contribution < 1.29 is 4.79 Å². The summed E-state index contributed by atoms with van der Waals surface area (Å²) < 4.78 is 0.971. The minimum atomic E-state index is 0.186. The standard InChI is InChI=1S/C11H12BrNO/c1-7-4-8-2-3-9(12)5-10(8)11(14)6-13-7/h2-3,5,7,13H,4,6H2,1H3. The Kier molecular flexibility index (Phi) is 2.70. The zero-order valence-electron chi connectivity index (χ0n) is 8.01. The van der Waals surface area contributed by atoms with Crippen LogP contribution in [0, 0.1) is 0 Å². The van der Waals surface area contributed by atoms with E-state index < -0.39 is 0 Å². The highest BCUT2D eigenvalue weighted by atomic mass is 79.9. The van der Waals surface area contributed by atoms with Crippen molar-refractivity contribution in [2.24, 2.45) is 0 Å². The lowest BCUT2D eigenvalue weighted by Gasteiger charge is -2.08. The average Bonchev–Trinajstić information content (AvgIpc) is 2.29. The summed E-state index contributed by atoms with van der Waals surface area (Å²) in [6.07, 6.45) is 0.925. The molecule has 0 amide bonds. The number of hydrogen-bond donors (Lipinski definition) is 1. The first-order valence-electron chi connectivity index (χ1n) is 4.72. The highest BCUT2D eigenvalue weighted by Gasteiger charge is 2.18. The molecule has 1 unspecified atom stereocenters. The zero-order chi connectivity index (χ0) is 10.1. The van der Waals surface area contributed by atoms with Crippen molar-refractivity contribution in [3.8, 4) is 0 Å². The van der Waals surface area contributed by atoms with Gasteiger partial charge in [-0.2, -0.15) is 0 Å². The maximum atomic E-state index is 11.7. The SMILES string of the molecule is CC1Cc2ccc(Br)cc2C(=O)CN1. The molecule has 14 heavy (non-hydrogen) atoms. The fourth-order valence-corrected chi connectivity index (χ4v) is 2.11. The number of nitrogens with one attached hydrogen (secondary N) is 1. The molecule has 1 N–H and O–H groups in total. The van der Waals surface area contributed by atoms with Gasteiger partial charge in [-0.05, 0) is 31.0 Å². The Morgan fingerprint density at radius 3 is 3.07 bits per heavy atom. The van der Waals surface area contributed by atoms with E-state index in [-0.39, 0.29) is 5.78 Å². The lowest BCUT2D eigenvalue weighted by atomic mass is 10.0. The first kappa shape index (κ1) is 9.87. The topological polar surface area (TPSA) is 29.1 Å². The van der Waals surface area contributed by atoms with Crippen LogP contribution >= 0.6 is 15.9 Å². The van der Waals surface area contributed by atoms with E-state index in [0.717, 1.165) is 22.0 Å². The van der Waals surface area contributed by atoms with E-state index in [9.17, 15) is 4.79 Å². The van der Waals surface area contributed by atoms with E-state index >= 15 is 0 Å². The number of hydrogen-bond acceptors (Lipinski definition) is 2. The molecule has 1 heterocycles. The Hall–Kier alpha value is -0.670. The molecule has 1 aromatic carbocycles. The second kappa shape index (κ2) is 3.83. The smallest absolute Gasteiger partial charge is 0.176 e. The molecular formula is C11H12BrNO. The fourth-order valence-electron chi connectivity index (χ4n) is 1.75. The normalized spacial score (nSPS) is 21.6. The Balaban J connectivity index is 2.47. The molecule has 0 bridgehead atoms. The summed E-state index contributed by atoms with van der Waals surface area (Å²) in [5.41, 5.74) is 2.01. The van der Waals surface area contributed by atoms with Crippen molar-refractivity contribution in [3.63, 3.8) is 0 Å². The number of halogens is 1. The largest absolute Gasteiger partial charge is 0.307 e. The van der Waals surface area contributed by atoms with Crippen molar-refractivity contribution in [1.82, 2.24) is 5.32 Å². The summed E-state index contributed by atoms with van der Waals surface area (Å²) in [7, 11) is 0. The number of rotatable bonds is 0. The third-order valence-corrected chi connectivity index (χ3v) is 3.00. The third-order valence-electron chi connectivity index (χ3n) is 2.51. The van der Waals surface area contributed by atoms with Gasteiger partial charge < -0.3 is 5.32 Å². The summed E-state index contributed by atoms with van der Waals surface area (Å²) in [6.45, 7) is 2.55. The van der Waals surface area contributed by atoms with Gasteiger partial charge in [-0.15, -0.1) is 0 Å². The van der Waals surface area contributed by atoms with Crippen molar-refractivity contribution in [2.45, 2.75) is 19.4 Å². The maximum absolute atomic E-state index is 11.7. The first-order valence-corrected chi connectivity index (χ1v) is 5.51. The zero-order valence-corrected chi connectivity index (χ0v) is 9.60. The van der Waals surface area contributed by atoms with Gasteiger partial charge in [0.1, 0.15) is 0 Å². The van der Waals surface area contributed by atoms with E-state index in [0.29, 0.717) is 12.6 Å². The molecule has 2 rings (SSSR count). The predicted octanol–water partition coefficient (Wildman–Crippen LogP) is 2.17. The Labute approximate surface area is 91.8 Å². The van der Waals surface area contributed by atoms with E-state index in [4.69, 9.17) is 0 Å². The maximum Gasteiger partial charge on any atom is 0.176 e. The lowest BCUT2D eigenvalue weighted by molar-refractivity contribution is 0.0991. The summed E-state index contributed by atoms with van der Waals surface area (Å²) in [4.78, 5) is 11.7. The molecule has 0 fully saturated rings. The van der Waals surface area contributed by atoms with Gasteiger partial charge in [0.15, 0.2) is 5.78 Å². The van der Waals surface area contributed by atoms with Crippen LogP contribution in [0.5, 0.6) is 0 Å². The monoisotopic (exact) mass is 253 g/mol. The van der Waals surface area contributed by atoms with Crippen LogP contribution in [0.15, 0.2) is 22.7 Å². The van der Waals surface area contributed by atoms with E-state index in [1.807, 2.05) is 18.2 Å². The predicted molar refractivity (Wildman–Crippen MR) is 59.6 cm³/mol. The second-order valence-corrected chi connectivity index (χ2v) is 4.63. The molecule has 2 nitrogen and oxygen atoms in total. The molecule has 74 valence electrons. The molecular weight excluding hydrogens is 242 g/mol. The molecule has 0 saturated heterocycles. The lowest BCUT2D eigenvalue weighted by Crippen LogP contribution is -2.29. The van der Waals surface area contributed by atoms with Gasteiger partial charge in [0.2, 0.25) is 0 Å². The summed E-state index contributed by atoms with van der Waals surface area (Å²) in [6, 6.07) is 6.31. The number of carbonyl (C=O) groups excluding carboxylic acids is 1. The van der Waals surface area contributed by atoms with E-state index in [1.54, 1.807) is 0 Å². The van der Waals surface area contributed by atoms with E-state index in [2.05, 4.69) is 28.2 Å². The Bertz CT molecular complexity index is 376. The van der Waals surface area contributed by atoms with Crippen LogP contribution in [-0.2, 0) is 6.42 Å². The van der Waals surface area contributed by atoms with Gasteiger partial charge in [-0.3, -0.25) is 4.79 Å². The van der Waals surface area contributed by atoms with Gasteiger partial charge in [-0.25, -0.2) is 0 Å². The number of fused-ring (bicyclic) bond motifs is 1. The summed E-state index contributed by atoms with van der Waals surface area (Å²) in [5, 5.41) is 3.20. The van der Waals surface area contributed by atoms with Gasteiger partial charge in [-0.1, -0.05) is 22.0 Å². The van der Waals surface area contributed by atoms with Gasteiger partial charge in [0.25, 0.3) is 0 Å². The minimum Gasteiger partial charge on any atom is -0.307 e. The van der Waals surface area contributed by atoms with Crippen LogP contribution < -0.4 is 5.32 Å². The van der Waals surface area contributed by atoms with E-state index in [1.165, 1.54) is 0 Å². The Morgan fingerprint density at radius 2 is 2.29 bits per heavy atom. The van der Waals surface area contributed by atoms with Gasteiger partial charge in [0, 0.05) is 16.1 Å². The fraction of sp³-hybridized carbons (Fsp3) is 0.364. The first-order chi connectivity index (χ1) is 6.66. The molecule has 1 aliphatic heterocycles. The molecule has 0 saturated carbocycles. The van der Waals surface area contributed by atoms with Gasteiger partial charge in [0.05, 0.1) is 6.54 Å². The number of Topliss-reactive ketones (excluding diaryl/α,β-unsaturated/α-hetero) is 1. The van der Waals surface area contributed by atoms with Gasteiger partial charge >= 0.3 is 0 Å². The molecule has 1 aliphatic rings. The highest BCUT2D eigenvalue weighted by Crippen LogP contribution is 2.20. The highest BCUT2D eigenvalue weighted by molar-refractivity contribution is 9.10. The number of benzene rings is 1. The molecule has 1 atom stereocenters. The molecule has 0 spiro atoms. The quantitative estimate of drug-likeness (QED) is 0.768. The second-order valence-electron chi connectivity index (χ2n) is 3.71. The third kappa shape index (κ3) is 1.88. The van der Waals surface area contributed by atoms with Crippen molar-refractivity contribution in [3.05, 3.63) is 33.8 Å². The van der Waals surface area contributed by atoms with Crippen LogP contribution in [0.25, 0.3) is 0 Å². The number of carbonyl (C=O) groups is 1. The average molecular weight is 254 g/mol. The van der Waals surface area contributed by atoms with Crippen LogP contribution in [-0.4, -0.2) is 18.4 Å². The number of ketones is 1. The van der Waals surface area contributed by atoms with Crippen LogP contribution in [0.2, 0.25) is 0 Å². The van der Waals surface area contributed by atoms with Crippen molar-refractivity contribution in [2.75, 3.05) is 6.54 Å². The molecule has 1 aromatic rings. The summed E-state index contributed by atoms with van der Waals surface area (Å²) in [5.74, 6) is 0.186. The van der Waals surface area contributed by atoms with Crippen LogP contribution in [0.3, 0.4) is 0 Å². The Morgan fingerprint density at radius 1 is 1.50 bits per heavy atom. The molecule has 3 heteroatoms. The minimum absolute atomic E-state index is 0.186. The molecule has 0 radical (unpaired) electrons. The molecule has 0 aliphatic carbocycles. The molecule has 0 aromatic heterocycles. The van der Waals surface area contributed by atoms with Crippen molar-refractivity contribution >= 4 is 21.7 Å². The summed E-state index contributed by atoms with van der Waals surface area (Å²) >= 11 is 3.39. The van der Waals surface area contributed by atoms with Crippen molar-refractivity contribution in [1.29, 1.82) is 0 Å². The van der Waals surface area contributed by atoms with Crippen LogP contribution in [0.4, 0.5) is 0 Å².